The van der Waals surface area contributed by atoms with Crippen molar-refractivity contribution in [3.05, 3.63) is 55.1 Å². The number of rotatable bonds is 3. The Morgan fingerprint density at radius 1 is 1.20 bits per heavy atom. The first kappa shape index (κ1) is 12.5. The van der Waals surface area contributed by atoms with Gasteiger partial charge < -0.3 is 9.30 Å². The van der Waals surface area contributed by atoms with Gasteiger partial charge in [0.2, 0.25) is 0 Å². The molecule has 2 aromatic carbocycles. The second kappa shape index (κ2) is 4.85. The molecular formula is C17H15NO2. The lowest BCUT2D eigenvalue weighted by atomic mass is 10.1. The van der Waals surface area contributed by atoms with E-state index in [1.807, 2.05) is 30.3 Å². The number of aromatic nitrogens is 1. The number of para-hydroxylation sites is 1. The minimum atomic E-state index is -0.441. The molecule has 0 radical (unpaired) electrons. The number of hydrogen-bond donors (Lipinski definition) is 0. The highest BCUT2D eigenvalue weighted by Crippen LogP contribution is 2.31. The monoisotopic (exact) mass is 265 g/mol. The van der Waals surface area contributed by atoms with Crippen molar-refractivity contribution in [2.24, 2.45) is 0 Å². The molecule has 1 aromatic heterocycles. The fourth-order valence-corrected chi connectivity index (χ4v) is 2.59. The van der Waals surface area contributed by atoms with E-state index in [1.165, 1.54) is 17.0 Å². The van der Waals surface area contributed by atoms with Gasteiger partial charge in [0, 0.05) is 34.4 Å². The lowest BCUT2D eigenvalue weighted by molar-refractivity contribution is -0.128. The quantitative estimate of drug-likeness (QED) is 0.408. The Balaban J connectivity index is 2.25. The smallest absolute Gasteiger partial charge is 0.335 e. The van der Waals surface area contributed by atoms with E-state index in [2.05, 4.69) is 30.2 Å². The number of hydrogen-bond acceptors (Lipinski definition) is 2. The largest absolute Gasteiger partial charge is 0.423 e. The number of ether oxygens (including phenoxy) is 1. The Labute approximate surface area is 117 Å². The van der Waals surface area contributed by atoms with Crippen LogP contribution in [0.1, 0.15) is 6.92 Å². The second-order valence-electron chi connectivity index (χ2n) is 4.57. The van der Waals surface area contributed by atoms with E-state index in [9.17, 15) is 4.79 Å². The van der Waals surface area contributed by atoms with Gasteiger partial charge in [0.1, 0.15) is 5.75 Å². The lowest BCUT2D eigenvalue weighted by Crippen LogP contribution is -2.02. The van der Waals surface area contributed by atoms with E-state index >= 15 is 0 Å². The Morgan fingerprint density at radius 3 is 2.70 bits per heavy atom. The molecule has 0 amide bonds. The summed E-state index contributed by atoms with van der Waals surface area (Å²) in [6.45, 7) is 6.43. The highest BCUT2D eigenvalue weighted by molar-refractivity contribution is 6.08. The van der Waals surface area contributed by atoms with E-state index in [0.717, 1.165) is 17.4 Å². The standard InChI is InChI=1S/C17H15NO2/c1-3-17(19)20-12-9-10-16-14(11-12)13-7-5-6-8-15(13)18(16)4-2/h3,5-11H,1,4H2,2H3. The number of fused-ring (bicyclic) bond motifs is 3. The van der Waals surface area contributed by atoms with Crippen LogP contribution in [0, 0.1) is 0 Å². The van der Waals surface area contributed by atoms with E-state index in [4.69, 9.17) is 4.74 Å². The number of nitrogens with zero attached hydrogens (tertiary/aromatic N) is 1. The number of esters is 1. The molecule has 0 bridgehead atoms. The molecule has 0 spiro atoms. The molecule has 0 aliphatic carbocycles. The first-order valence-corrected chi connectivity index (χ1v) is 6.60. The van der Waals surface area contributed by atoms with Gasteiger partial charge in [-0.15, -0.1) is 0 Å². The highest BCUT2D eigenvalue weighted by Gasteiger charge is 2.10. The van der Waals surface area contributed by atoms with Crippen molar-refractivity contribution in [3.63, 3.8) is 0 Å². The van der Waals surface area contributed by atoms with Gasteiger partial charge in [-0.05, 0) is 31.2 Å². The van der Waals surface area contributed by atoms with Crippen LogP contribution < -0.4 is 4.74 Å². The summed E-state index contributed by atoms with van der Waals surface area (Å²) in [4.78, 5) is 11.3. The van der Waals surface area contributed by atoms with Crippen molar-refractivity contribution in [3.8, 4) is 5.75 Å². The number of benzene rings is 2. The number of carbonyl (C=O) groups is 1. The second-order valence-corrected chi connectivity index (χ2v) is 4.57. The number of aryl methyl sites for hydroxylation is 1. The van der Waals surface area contributed by atoms with Crippen LogP contribution in [-0.4, -0.2) is 10.5 Å². The van der Waals surface area contributed by atoms with Crippen LogP contribution in [0.25, 0.3) is 21.8 Å². The molecular weight excluding hydrogens is 250 g/mol. The van der Waals surface area contributed by atoms with Crippen LogP contribution in [-0.2, 0) is 11.3 Å². The summed E-state index contributed by atoms with van der Waals surface area (Å²) in [7, 11) is 0. The molecule has 3 heteroatoms. The van der Waals surface area contributed by atoms with Crippen molar-refractivity contribution in [1.82, 2.24) is 4.57 Å². The Morgan fingerprint density at radius 2 is 1.95 bits per heavy atom. The molecule has 1 heterocycles. The molecule has 0 aliphatic heterocycles. The van der Waals surface area contributed by atoms with Gasteiger partial charge in [0.05, 0.1) is 0 Å². The zero-order valence-electron chi connectivity index (χ0n) is 11.3. The summed E-state index contributed by atoms with van der Waals surface area (Å²) in [6.07, 6.45) is 1.17. The molecule has 3 aromatic rings. The van der Waals surface area contributed by atoms with Gasteiger partial charge in [-0.25, -0.2) is 4.79 Å². The predicted octanol–water partition coefficient (Wildman–Crippen LogP) is 3.91. The highest BCUT2D eigenvalue weighted by atomic mass is 16.5. The summed E-state index contributed by atoms with van der Waals surface area (Å²) in [5.74, 6) is 0.102. The van der Waals surface area contributed by atoms with Gasteiger partial charge in [0.15, 0.2) is 0 Å². The van der Waals surface area contributed by atoms with Gasteiger partial charge in [-0.1, -0.05) is 24.8 Å². The lowest BCUT2D eigenvalue weighted by Gasteiger charge is -2.04. The van der Waals surface area contributed by atoms with Crippen molar-refractivity contribution >= 4 is 27.8 Å². The van der Waals surface area contributed by atoms with Crippen molar-refractivity contribution in [1.29, 1.82) is 0 Å². The molecule has 3 rings (SSSR count). The predicted molar refractivity (Wildman–Crippen MR) is 81.0 cm³/mol. The van der Waals surface area contributed by atoms with Gasteiger partial charge in [-0.3, -0.25) is 0 Å². The summed E-state index contributed by atoms with van der Waals surface area (Å²) in [6, 6.07) is 14.0. The molecule has 0 atom stereocenters. The third-order valence-corrected chi connectivity index (χ3v) is 3.45. The van der Waals surface area contributed by atoms with Gasteiger partial charge in [-0.2, -0.15) is 0 Å². The van der Waals surface area contributed by atoms with Crippen LogP contribution in [0.3, 0.4) is 0 Å². The van der Waals surface area contributed by atoms with Crippen LogP contribution in [0.2, 0.25) is 0 Å². The third-order valence-electron chi connectivity index (χ3n) is 3.45. The molecule has 20 heavy (non-hydrogen) atoms. The van der Waals surface area contributed by atoms with Crippen LogP contribution >= 0.6 is 0 Å². The third kappa shape index (κ3) is 1.88. The van der Waals surface area contributed by atoms with E-state index < -0.39 is 5.97 Å². The maximum atomic E-state index is 11.3. The van der Waals surface area contributed by atoms with Crippen molar-refractivity contribution in [2.75, 3.05) is 0 Å². The molecule has 0 saturated carbocycles. The average molecular weight is 265 g/mol. The van der Waals surface area contributed by atoms with Gasteiger partial charge in [0.25, 0.3) is 0 Å². The van der Waals surface area contributed by atoms with Crippen molar-refractivity contribution < 1.29 is 9.53 Å². The molecule has 0 unspecified atom stereocenters. The summed E-state index contributed by atoms with van der Waals surface area (Å²) in [5, 5.41) is 2.26. The van der Waals surface area contributed by atoms with Crippen LogP contribution in [0.15, 0.2) is 55.1 Å². The maximum Gasteiger partial charge on any atom is 0.335 e. The van der Waals surface area contributed by atoms with Crippen LogP contribution in [0.5, 0.6) is 5.75 Å². The molecule has 0 fully saturated rings. The van der Waals surface area contributed by atoms with Crippen LogP contribution in [0.4, 0.5) is 0 Å². The number of carbonyl (C=O) groups excluding carboxylic acids is 1. The fourth-order valence-electron chi connectivity index (χ4n) is 2.59. The molecule has 0 N–H and O–H groups in total. The Kier molecular flexibility index (Phi) is 3.03. The topological polar surface area (TPSA) is 31.2 Å². The van der Waals surface area contributed by atoms with E-state index in [1.54, 1.807) is 0 Å². The molecule has 100 valence electrons. The fraction of sp³-hybridized carbons (Fsp3) is 0.118. The first-order valence-electron chi connectivity index (χ1n) is 6.60. The van der Waals surface area contributed by atoms with E-state index in [-0.39, 0.29) is 0 Å². The van der Waals surface area contributed by atoms with Crippen molar-refractivity contribution in [2.45, 2.75) is 13.5 Å². The molecule has 0 saturated heterocycles. The molecule has 0 aliphatic rings. The molecule has 3 nitrogen and oxygen atoms in total. The first-order chi connectivity index (χ1) is 9.74. The van der Waals surface area contributed by atoms with Gasteiger partial charge >= 0.3 is 5.97 Å². The summed E-state index contributed by atoms with van der Waals surface area (Å²) >= 11 is 0. The summed E-state index contributed by atoms with van der Waals surface area (Å²) in [5.41, 5.74) is 2.34. The normalized spacial score (nSPS) is 10.8. The minimum absolute atomic E-state index is 0.441. The Bertz CT molecular complexity index is 814. The average Bonchev–Trinajstić information content (AvgIpc) is 2.80. The summed E-state index contributed by atoms with van der Waals surface area (Å²) < 4.78 is 7.45. The van der Waals surface area contributed by atoms with E-state index in [0.29, 0.717) is 5.75 Å². The Hall–Kier alpha value is -2.55. The maximum absolute atomic E-state index is 11.3. The minimum Gasteiger partial charge on any atom is -0.423 e. The SMILES string of the molecule is C=CC(=O)Oc1ccc2c(c1)c1ccccc1n2CC. The zero-order chi connectivity index (χ0) is 14.1. The zero-order valence-corrected chi connectivity index (χ0v) is 11.3.